The van der Waals surface area contributed by atoms with Crippen molar-refractivity contribution in [2.24, 2.45) is 18.4 Å². The Morgan fingerprint density at radius 3 is 2.56 bits per heavy atom. The smallest absolute Gasteiger partial charge is 0.320 e. The van der Waals surface area contributed by atoms with E-state index in [4.69, 9.17) is 0 Å². The number of alkyl halides is 3. The highest BCUT2D eigenvalue weighted by Gasteiger charge is 2.45. The minimum Gasteiger partial charge on any atom is -0.320 e. The number of allylic oxidation sites excluding steroid dienone is 1. The number of aromatic nitrogens is 3. The van der Waals surface area contributed by atoms with Gasteiger partial charge in [-0.15, -0.1) is 10.2 Å². The maximum atomic E-state index is 14.4. The Bertz CT molecular complexity index is 1410. The number of thiol groups is 1. The van der Waals surface area contributed by atoms with Gasteiger partial charge in [0, 0.05) is 56.1 Å². The minimum absolute atomic E-state index is 0.0769. The second-order valence-corrected chi connectivity index (χ2v) is 12.4. The molecule has 4 heterocycles. The van der Waals surface area contributed by atoms with E-state index in [1.54, 1.807) is 22.3 Å². The molecule has 3 aliphatic heterocycles. The van der Waals surface area contributed by atoms with Gasteiger partial charge in [-0.25, -0.2) is 0 Å². The summed E-state index contributed by atoms with van der Waals surface area (Å²) in [6.07, 6.45) is 7.48. The molecule has 0 radical (unpaired) electrons. The maximum absolute atomic E-state index is 14.4. The largest absolute Gasteiger partial charge is 0.418 e. The fraction of sp³-hybridized carbons (Fsp3) is 0.484. The number of fused-ring (bicyclic) bond motifs is 1. The van der Waals surface area contributed by atoms with Crippen LogP contribution in [0, 0.1) is 11.3 Å². The summed E-state index contributed by atoms with van der Waals surface area (Å²) in [5.74, 6) is 2.72. The maximum Gasteiger partial charge on any atom is 0.418 e. The Hall–Kier alpha value is -2.98. The number of aryl methyl sites for hydroxylation is 1. The van der Waals surface area contributed by atoms with Gasteiger partial charge in [0.25, 0.3) is 0 Å². The number of hydrogen-bond donors (Lipinski definition) is 1. The molecule has 2 fully saturated rings. The van der Waals surface area contributed by atoms with Crippen molar-refractivity contribution in [1.82, 2.24) is 24.6 Å². The van der Waals surface area contributed by atoms with Gasteiger partial charge in [0.2, 0.25) is 0 Å². The van der Waals surface area contributed by atoms with E-state index in [0.29, 0.717) is 23.9 Å². The molecular weight excluding hydrogens is 545 g/mol. The van der Waals surface area contributed by atoms with Gasteiger partial charge in [0.1, 0.15) is 18.0 Å². The van der Waals surface area contributed by atoms with Crippen LogP contribution >= 0.6 is 12.6 Å². The van der Waals surface area contributed by atoms with Crippen molar-refractivity contribution in [1.29, 1.82) is 0 Å². The van der Waals surface area contributed by atoms with Crippen molar-refractivity contribution in [3.63, 3.8) is 0 Å². The van der Waals surface area contributed by atoms with Crippen molar-refractivity contribution >= 4 is 18.3 Å². The Morgan fingerprint density at radius 2 is 1.95 bits per heavy atom. The van der Waals surface area contributed by atoms with E-state index in [0.717, 1.165) is 61.6 Å². The zero-order valence-electron chi connectivity index (χ0n) is 23.6. The quantitative estimate of drug-likeness (QED) is 0.338. The van der Waals surface area contributed by atoms with Crippen LogP contribution < -0.4 is 4.90 Å². The standard InChI is InChI=1S/C31H37F3N6S/c1-4-11-30(19-41)17-38(18-30)14-22-12-26(31(32,33)34)27-16-39(21(2)40(27)15-22)25-10-6-9-24(13-25)28(23-7-5-8-23)29-36-35-20-37(29)3/h6,9-10,12-13,15-16,20,23,28,41H,2,4-5,7-8,11,14,17-19H2,1,3H3. The van der Waals surface area contributed by atoms with Crippen molar-refractivity contribution in [3.8, 4) is 0 Å². The van der Waals surface area contributed by atoms with Gasteiger partial charge in [-0.1, -0.05) is 38.5 Å². The molecule has 1 atom stereocenters. The highest BCUT2D eigenvalue weighted by atomic mass is 32.1. The van der Waals surface area contributed by atoms with Gasteiger partial charge in [0.15, 0.2) is 0 Å². The summed E-state index contributed by atoms with van der Waals surface area (Å²) in [7, 11) is 1.95. The molecule has 0 bridgehead atoms. The van der Waals surface area contributed by atoms with E-state index in [-0.39, 0.29) is 17.0 Å². The molecule has 1 unspecified atom stereocenters. The van der Waals surface area contributed by atoms with E-state index in [9.17, 15) is 13.2 Å². The van der Waals surface area contributed by atoms with E-state index < -0.39 is 11.7 Å². The van der Waals surface area contributed by atoms with E-state index in [2.05, 4.69) is 53.4 Å². The molecule has 1 aromatic carbocycles. The van der Waals surface area contributed by atoms with Gasteiger partial charge in [0.05, 0.1) is 11.3 Å². The van der Waals surface area contributed by atoms with Crippen molar-refractivity contribution in [2.45, 2.75) is 51.1 Å². The summed E-state index contributed by atoms with van der Waals surface area (Å²) in [5.41, 5.74) is 2.10. The number of hydrogen-bond acceptors (Lipinski definition) is 6. The summed E-state index contributed by atoms with van der Waals surface area (Å²) >= 11 is 4.55. The fourth-order valence-electron chi connectivity index (χ4n) is 6.84. The Balaban J connectivity index is 1.28. The van der Waals surface area contributed by atoms with Crippen molar-refractivity contribution in [3.05, 3.63) is 89.7 Å². The first-order chi connectivity index (χ1) is 19.6. The van der Waals surface area contributed by atoms with Gasteiger partial charge >= 0.3 is 6.18 Å². The molecule has 0 amide bonds. The first kappa shape index (κ1) is 28.2. The predicted molar refractivity (Wildman–Crippen MR) is 158 cm³/mol. The van der Waals surface area contributed by atoms with Crippen LogP contribution in [-0.2, 0) is 7.05 Å². The van der Waals surface area contributed by atoms with Gasteiger partial charge in [-0.05, 0) is 60.3 Å². The number of benzene rings is 1. The molecule has 1 aliphatic carbocycles. The SMILES string of the molecule is C=C1N2C=C(CN3CC(CS)(CCC)C3)C=C(C(F)(F)F)C2=CN1c1cccc(C(c2nncn2C)C2CCC2)c1. The van der Waals surface area contributed by atoms with Crippen LogP contribution in [0.25, 0.3) is 0 Å². The third-order valence-electron chi connectivity index (χ3n) is 9.07. The lowest BCUT2D eigenvalue weighted by Crippen LogP contribution is -2.57. The van der Waals surface area contributed by atoms with Crippen LogP contribution in [0.2, 0.25) is 0 Å². The molecule has 1 saturated heterocycles. The summed E-state index contributed by atoms with van der Waals surface area (Å²) in [4.78, 5) is 5.57. The molecule has 41 heavy (non-hydrogen) atoms. The average Bonchev–Trinajstić information content (AvgIpc) is 3.46. The summed E-state index contributed by atoms with van der Waals surface area (Å²) in [5, 5.41) is 8.52. The molecule has 2 aromatic rings. The fourth-order valence-corrected chi connectivity index (χ4v) is 7.20. The first-order valence-corrected chi connectivity index (χ1v) is 15.0. The Kier molecular flexibility index (Phi) is 7.34. The summed E-state index contributed by atoms with van der Waals surface area (Å²) in [6.45, 7) is 8.57. The molecule has 10 heteroatoms. The summed E-state index contributed by atoms with van der Waals surface area (Å²) in [6, 6.07) is 8.03. The number of rotatable bonds is 9. The van der Waals surface area contributed by atoms with E-state index >= 15 is 0 Å². The van der Waals surface area contributed by atoms with Gasteiger partial charge in [-0.2, -0.15) is 25.8 Å². The molecule has 0 spiro atoms. The third-order valence-corrected chi connectivity index (χ3v) is 9.74. The lowest BCUT2D eigenvalue weighted by Gasteiger charge is -2.50. The number of nitrogens with zero attached hydrogens (tertiary/aromatic N) is 6. The highest BCUT2D eigenvalue weighted by molar-refractivity contribution is 7.80. The van der Waals surface area contributed by atoms with Crippen LogP contribution in [0.5, 0.6) is 0 Å². The van der Waals surface area contributed by atoms with Crippen LogP contribution in [0.15, 0.2) is 78.3 Å². The number of likely N-dealkylation sites (tertiary alicyclic amines) is 1. The highest BCUT2D eigenvalue weighted by Crippen LogP contribution is 2.46. The van der Waals surface area contributed by atoms with Crippen LogP contribution in [0.1, 0.15) is 56.3 Å². The zero-order chi connectivity index (χ0) is 28.9. The molecule has 1 aromatic heterocycles. The van der Waals surface area contributed by atoms with Crippen molar-refractivity contribution < 1.29 is 13.2 Å². The average molecular weight is 583 g/mol. The zero-order valence-corrected chi connectivity index (χ0v) is 24.5. The number of halogens is 3. The van der Waals surface area contributed by atoms with Crippen LogP contribution in [0.3, 0.4) is 0 Å². The first-order valence-electron chi connectivity index (χ1n) is 14.4. The second-order valence-electron chi connectivity index (χ2n) is 12.0. The number of anilines is 1. The Labute approximate surface area is 245 Å². The predicted octanol–water partition coefficient (Wildman–Crippen LogP) is 6.60. The molecular formula is C31H37F3N6S. The molecule has 4 aliphatic rings. The monoisotopic (exact) mass is 582 g/mol. The molecule has 1 saturated carbocycles. The molecule has 0 N–H and O–H groups in total. The van der Waals surface area contributed by atoms with E-state index in [1.165, 1.54) is 12.5 Å². The molecule has 6 nitrogen and oxygen atoms in total. The van der Waals surface area contributed by atoms with Crippen molar-refractivity contribution in [2.75, 3.05) is 30.3 Å². The normalized spacial score (nSPS) is 21.6. The second kappa shape index (κ2) is 10.7. The molecule has 218 valence electrons. The third kappa shape index (κ3) is 5.14. The van der Waals surface area contributed by atoms with Crippen LogP contribution in [0.4, 0.5) is 18.9 Å². The van der Waals surface area contributed by atoms with E-state index in [1.807, 2.05) is 29.9 Å². The molecule has 6 rings (SSSR count). The summed E-state index contributed by atoms with van der Waals surface area (Å²) < 4.78 is 45.1. The van der Waals surface area contributed by atoms with Gasteiger partial charge in [-0.3, -0.25) is 4.90 Å². The topological polar surface area (TPSA) is 40.4 Å². The lowest BCUT2D eigenvalue weighted by atomic mass is 9.72. The van der Waals surface area contributed by atoms with Crippen LogP contribution in [-0.4, -0.2) is 56.1 Å². The Morgan fingerprint density at radius 1 is 1.17 bits per heavy atom. The minimum atomic E-state index is -4.49. The van der Waals surface area contributed by atoms with Gasteiger partial charge < -0.3 is 14.4 Å². The lowest BCUT2D eigenvalue weighted by molar-refractivity contribution is -0.0910.